The highest BCUT2D eigenvalue weighted by Crippen LogP contribution is 2.27. The first-order valence-electron chi connectivity index (χ1n) is 12.2. The van der Waals surface area contributed by atoms with Crippen molar-refractivity contribution in [3.8, 4) is 5.75 Å². The van der Waals surface area contributed by atoms with Crippen LogP contribution in [0.5, 0.6) is 5.75 Å². The van der Waals surface area contributed by atoms with Gasteiger partial charge in [-0.05, 0) is 37.9 Å². The lowest BCUT2D eigenvalue weighted by molar-refractivity contribution is 0.280. The van der Waals surface area contributed by atoms with Crippen molar-refractivity contribution < 1.29 is 13.2 Å². The van der Waals surface area contributed by atoms with E-state index in [4.69, 9.17) is 4.74 Å². The summed E-state index contributed by atoms with van der Waals surface area (Å²) in [5, 5.41) is 8.38. The van der Waals surface area contributed by atoms with Gasteiger partial charge in [0.1, 0.15) is 12.4 Å². The minimum absolute atomic E-state index is 0.136. The molecule has 1 aromatic heterocycles. The van der Waals surface area contributed by atoms with Gasteiger partial charge in [0, 0.05) is 6.04 Å². The van der Waals surface area contributed by atoms with Crippen molar-refractivity contribution in [1.29, 1.82) is 0 Å². The number of benzene rings is 1. The molecule has 6 nitrogen and oxygen atoms in total. The first-order valence-corrected chi connectivity index (χ1v) is 13.8. The van der Waals surface area contributed by atoms with Gasteiger partial charge in [0.15, 0.2) is 0 Å². The van der Waals surface area contributed by atoms with Gasteiger partial charge in [0.25, 0.3) is 10.0 Å². The molecule has 0 saturated carbocycles. The minimum atomic E-state index is -3.46. The van der Waals surface area contributed by atoms with E-state index < -0.39 is 10.0 Å². The molecule has 7 heteroatoms. The molecule has 0 bridgehead atoms. The Morgan fingerprint density at radius 3 is 2.45 bits per heavy atom. The molecule has 0 spiro atoms. The lowest BCUT2D eigenvalue weighted by Crippen LogP contribution is -2.28. The number of hydrogen-bond donors (Lipinski definition) is 1. The number of fused-ring (bicyclic) bond motifs is 1. The van der Waals surface area contributed by atoms with Crippen molar-refractivity contribution in [3.63, 3.8) is 0 Å². The zero-order valence-electron chi connectivity index (χ0n) is 19.0. The average Bonchev–Trinajstić information content (AvgIpc) is 3.44. The number of nitrogens with one attached hydrogen (secondary N) is 1. The fourth-order valence-corrected chi connectivity index (χ4v) is 5.69. The highest BCUT2D eigenvalue weighted by Gasteiger charge is 2.20. The molecule has 174 valence electrons. The van der Waals surface area contributed by atoms with Gasteiger partial charge in [-0.25, -0.2) is 8.42 Å². The second-order valence-corrected chi connectivity index (χ2v) is 10.7. The van der Waals surface area contributed by atoms with E-state index in [-0.39, 0.29) is 5.75 Å². The van der Waals surface area contributed by atoms with Gasteiger partial charge in [-0.1, -0.05) is 70.8 Å². The van der Waals surface area contributed by atoms with Crippen LogP contribution in [0.25, 0.3) is 10.9 Å². The third kappa shape index (κ3) is 7.21. The van der Waals surface area contributed by atoms with Crippen molar-refractivity contribution in [2.75, 3.05) is 18.9 Å². The van der Waals surface area contributed by atoms with Gasteiger partial charge >= 0.3 is 0 Å². The summed E-state index contributed by atoms with van der Waals surface area (Å²) < 4.78 is 32.9. The Labute approximate surface area is 187 Å². The van der Waals surface area contributed by atoms with E-state index in [0.29, 0.717) is 30.3 Å². The van der Waals surface area contributed by atoms with Crippen LogP contribution in [0.1, 0.15) is 84.0 Å². The number of nitrogens with zero attached hydrogens (tertiary/aromatic N) is 2. The van der Waals surface area contributed by atoms with Crippen molar-refractivity contribution >= 4 is 20.9 Å². The standard InChI is InChI=1S/C24H39N3O3S/c1-2-3-4-5-6-7-8-9-10-11-18-31(28,29)27-23-15-12-16-24(22(23)19-26-27)30-20-21-14-13-17-25-21/h12,15-16,19,21,25H,2-11,13-14,17-18,20H2,1H3/t21-/m0/s1. The lowest BCUT2D eigenvalue weighted by Gasteiger charge is -2.13. The van der Waals surface area contributed by atoms with Crippen LogP contribution in [0.4, 0.5) is 0 Å². The summed E-state index contributed by atoms with van der Waals surface area (Å²) >= 11 is 0. The second kappa shape index (κ2) is 12.4. The molecule has 0 unspecified atom stereocenters. The van der Waals surface area contributed by atoms with Crippen LogP contribution in [0, 0.1) is 0 Å². The van der Waals surface area contributed by atoms with Gasteiger partial charge in [-0.2, -0.15) is 9.19 Å². The molecule has 0 amide bonds. The normalized spacial score (nSPS) is 16.9. The van der Waals surface area contributed by atoms with Crippen LogP contribution in [-0.4, -0.2) is 42.5 Å². The minimum Gasteiger partial charge on any atom is -0.491 e. The van der Waals surface area contributed by atoms with E-state index in [9.17, 15) is 8.42 Å². The summed E-state index contributed by atoms with van der Waals surface area (Å²) in [4.78, 5) is 0. The van der Waals surface area contributed by atoms with E-state index in [1.165, 1.54) is 55.5 Å². The smallest absolute Gasteiger partial charge is 0.254 e. The fraction of sp³-hybridized carbons (Fsp3) is 0.708. The molecule has 0 radical (unpaired) electrons. The molecule has 31 heavy (non-hydrogen) atoms. The van der Waals surface area contributed by atoms with Crippen LogP contribution in [0.3, 0.4) is 0 Å². The molecule has 1 aliphatic rings. The molecule has 2 aromatic rings. The number of aromatic nitrogens is 2. The number of ether oxygens (including phenoxy) is 1. The van der Waals surface area contributed by atoms with Crippen LogP contribution in [-0.2, 0) is 10.0 Å². The second-order valence-electron chi connectivity index (χ2n) is 8.78. The quantitative estimate of drug-likeness (QED) is 0.375. The van der Waals surface area contributed by atoms with Gasteiger partial charge < -0.3 is 10.1 Å². The van der Waals surface area contributed by atoms with E-state index in [1.54, 1.807) is 12.3 Å². The Hall–Kier alpha value is -1.60. The Bertz CT molecular complexity index is 889. The van der Waals surface area contributed by atoms with Gasteiger partial charge in [0.05, 0.1) is 22.9 Å². The summed E-state index contributed by atoms with van der Waals surface area (Å²) in [5.74, 6) is 0.837. The molecule has 2 heterocycles. The van der Waals surface area contributed by atoms with E-state index >= 15 is 0 Å². The first-order chi connectivity index (χ1) is 15.1. The van der Waals surface area contributed by atoms with Gasteiger partial charge in [-0.3, -0.25) is 0 Å². The zero-order chi connectivity index (χ0) is 21.9. The molecule has 1 fully saturated rings. The topological polar surface area (TPSA) is 73.2 Å². The average molecular weight is 450 g/mol. The molecular formula is C24H39N3O3S. The molecule has 3 rings (SSSR count). The van der Waals surface area contributed by atoms with Gasteiger partial charge in [-0.15, -0.1) is 0 Å². The number of hydrogen-bond acceptors (Lipinski definition) is 5. The summed E-state index contributed by atoms with van der Waals surface area (Å²) in [7, 11) is -3.46. The Morgan fingerprint density at radius 2 is 1.77 bits per heavy atom. The fourth-order valence-electron chi connectivity index (χ4n) is 4.30. The maximum absolute atomic E-state index is 12.9. The maximum Gasteiger partial charge on any atom is 0.254 e. The van der Waals surface area contributed by atoms with Crippen molar-refractivity contribution in [1.82, 2.24) is 14.5 Å². The largest absolute Gasteiger partial charge is 0.491 e. The molecule has 0 aliphatic carbocycles. The van der Waals surface area contributed by atoms with Crippen molar-refractivity contribution in [2.24, 2.45) is 0 Å². The molecule has 1 N–H and O–H groups in total. The van der Waals surface area contributed by atoms with Gasteiger partial charge in [0.2, 0.25) is 0 Å². The Balaban J connectivity index is 1.46. The highest BCUT2D eigenvalue weighted by atomic mass is 32.2. The number of rotatable bonds is 15. The Kier molecular flexibility index (Phi) is 9.65. The molecule has 1 aliphatic heterocycles. The molecule has 1 aromatic carbocycles. The highest BCUT2D eigenvalue weighted by molar-refractivity contribution is 7.89. The van der Waals surface area contributed by atoms with E-state index in [2.05, 4.69) is 17.3 Å². The molecule has 1 atom stereocenters. The van der Waals surface area contributed by atoms with E-state index in [1.807, 2.05) is 12.1 Å². The lowest BCUT2D eigenvalue weighted by atomic mass is 10.1. The third-order valence-electron chi connectivity index (χ3n) is 6.16. The first kappa shape index (κ1) is 24.1. The molecule has 1 saturated heterocycles. The van der Waals surface area contributed by atoms with Crippen LogP contribution in [0.15, 0.2) is 24.4 Å². The maximum atomic E-state index is 12.9. The zero-order valence-corrected chi connectivity index (χ0v) is 19.8. The predicted molar refractivity (Wildman–Crippen MR) is 127 cm³/mol. The third-order valence-corrected chi connectivity index (χ3v) is 7.79. The number of unbranched alkanes of at least 4 members (excludes halogenated alkanes) is 9. The Morgan fingerprint density at radius 1 is 1.06 bits per heavy atom. The predicted octanol–water partition coefficient (Wildman–Crippen LogP) is 5.27. The van der Waals surface area contributed by atoms with Crippen LogP contribution in [0.2, 0.25) is 0 Å². The van der Waals surface area contributed by atoms with E-state index in [0.717, 1.165) is 31.2 Å². The summed E-state index contributed by atoms with van der Waals surface area (Å²) in [6, 6.07) is 5.90. The SMILES string of the molecule is CCCCCCCCCCCCS(=O)(=O)n1ncc2c(OC[C@@H]3CCCN3)cccc21. The summed E-state index contributed by atoms with van der Waals surface area (Å²) in [6.45, 7) is 3.87. The monoisotopic (exact) mass is 449 g/mol. The van der Waals surface area contributed by atoms with Crippen molar-refractivity contribution in [2.45, 2.75) is 90.0 Å². The molecular weight excluding hydrogens is 410 g/mol. The van der Waals surface area contributed by atoms with Crippen LogP contribution < -0.4 is 10.1 Å². The summed E-state index contributed by atoms with van der Waals surface area (Å²) in [6.07, 6.45) is 15.7. The summed E-state index contributed by atoms with van der Waals surface area (Å²) in [5.41, 5.74) is 0.601. The van der Waals surface area contributed by atoms with Crippen LogP contribution >= 0.6 is 0 Å². The van der Waals surface area contributed by atoms with Crippen molar-refractivity contribution in [3.05, 3.63) is 24.4 Å².